The fourth-order valence-corrected chi connectivity index (χ4v) is 3.27. The molecule has 0 unspecified atom stereocenters. The van der Waals surface area contributed by atoms with E-state index in [1.807, 2.05) is 53.4 Å². The lowest BCUT2D eigenvalue weighted by Crippen LogP contribution is -2.48. The molecule has 6 heteroatoms. The summed E-state index contributed by atoms with van der Waals surface area (Å²) in [7, 11) is 0. The minimum absolute atomic E-state index is 0.0165. The first-order valence-corrected chi connectivity index (χ1v) is 9.19. The summed E-state index contributed by atoms with van der Waals surface area (Å²) in [5, 5.41) is 2.91. The second kappa shape index (κ2) is 8.96. The van der Waals surface area contributed by atoms with Crippen LogP contribution in [0.5, 0.6) is 0 Å². The molecule has 1 heterocycles. The van der Waals surface area contributed by atoms with E-state index in [0.717, 1.165) is 29.9 Å². The van der Waals surface area contributed by atoms with Crippen molar-refractivity contribution in [1.29, 1.82) is 0 Å². The highest BCUT2D eigenvalue weighted by molar-refractivity contribution is 5.95. The third-order valence-electron chi connectivity index (χ3n) is 4.80. The number of allylic oxidation sites excluding steroid dienone is 1. The summed E-state index contributed by atoms with van der Waals surface area (Å²) in [4.78, 5) is 30.7. The average molecular weight is 374 g/mol. The van der Waals surface area contributed by atoms with E-state index in [1.54, 1.807) is 13.0 Å². The van der Waals surface area contributed by atoms with Gasteiger partial charge in [-0.05, 0) is 42.3 Å². The Balaban J connectivity index is 1.63. The number of amides is 1. The van der Waals surface area contributed by atoms with Gasteiger partial charge in [0.15, 0.2) is 5.70 Å². The monoisotopic (exact) mass is 374 g/mol. The maximum absolute atomic E-state index is 12.9. The molecule has 3 rings (SSSR count). The fraction of sp³-hybridized carbons (Fsp3) is 0.273. The maximum Gasteiger partial charge on any atom is 0.253 e. The van der Waals surface area contributed by atoms with Gasteiger partial charge >= 0.3 is 0 Å². The molecule has 1 saturated heterocycles. The van der Waals surface area contributed by atoms with Gasteiger partial charge in [0.1, 0.15) is 6.54 Å². The lowest BCUT2D eigenvalue weighted by Gasteiger charge is -2.36. The molecule has 0 spiro atoms. The Labute approximate surface area is 164 Å². The number of benzene rings is 2. The molecule has 1 fully saturated rings. The zero-order valence-corrected chi connectivity index (χ0v) is 15.8. The van der Waals surface area contributed by atoms with Crippen molar-refractivity contribution in [2.45, 2.75) is 13.5 Å². The fourth-order valence-electron chi connectivity index (χ4n) is 3.27. The van der Waals surface area contributed by atoms with Gasteiger partial charge < -0.3 is 9.80 Å². The van der Waals surface area contributed by atoms with Crippen molar-refractivity contribution >= 4 is 17.7 Å². The van der Waals surface area contributed by atoms with Crippen LogP contribution in [-0.2, 0) is 6.54 Å². The SMILES string of the molecule is [C-]#[N+]/C(C)=C\c1cccc(C(=O)N2CCN(c3ccc(CN=O)cc3)CC2)c1. The molecule has 2 aromatic rings. The van der Waals surface area contributed by atoms with E-state index in [9.17, 15) is 9.70 Å². The van der Waals surface area contributed by atoms with Crippen LogP contribution in [0, 0.1) is 11.5 Å². The molecule has 0 bridgehead atoms. The van der Waals surface area contributed by atoms with Crippen LogP contribution in [-0.4, -0.2) is 37.0 Å². The van der Waals surface area contributed by atoms with Crippen LogP contribution in [0.25, 0.3) is 10.9 Å². The second-order valence-corrected chi connectivity index (χ2v) is 6.76. The van der Waals surface area contributed by atoms with Crippen molar-refractivity contribution in [2.75, 3.05) is 31.1 Å². The van der Waals surface area contributed by atoms with Crippen molar-refractivity contribution in [2.24, 2.45) is 5.18 Å². The number of hydrogen-bond acceptors (Lipinski definition) is 4. The summed E-state index contributed by atoms with van der Waals surface area (Å²) < 4.78 is 0. The average Bonchev–Trinajstić information content (AvgIpc) is 2.74. The zero-order chi connectivity index (χ0) is 19.9. The van der Waals surface area contributed by atoms with E-state index in [2.05, 4.69) is 14.9 Å². The van der Waals surface area contributed by atoms with E-state index in [-0.39, 0.29) is 12.5 Å². The molecule has 2 aromatic carbocycles. The van der Waals surface area contributed by atoms with Crippen LogP contribution in [0.1, 0.15) is 28.4 Å². The topological polar surface area (TPSA) is 57.3 Å². The van der Waals surface area contributed by atoms with Gasteiger partial charge in [-0.2, -0.15) is 4.91 Å². The van der Waals surface area contributed by atoms with Crippen LogP contribution < -0.4 is 4.90 Å². The molecule has 0 atom stereocenters. The molecule has 28 heavy (non-hydrogen) atoms. The van der Waals surface area contributed by atoms with Gasteiger partial charge in [-0.25, -0.2) is 4.85 Å². The van der Waals surface area contributed by atoms with Gasteiger partial charge in [-0.15, -0.1) is 0 Å². The Kier molecular flexibility index (Phi) is 6.18. The largest absolute Gasteiger partial charge is 0.368 e. The number of nitroso groups, excluding NO2 is 1. The number of rotatable bonds is 5. The van der Waals surface area contributed by atoms with E-state index in [0.29, 0.717) is 24.4 Å². The standard InChI is InChI=1S/C22H22N4O2/c1-17(23-2)14-19-4-3-5-20(15-19)22(27)26-12-10-25(11-13-26)21-8-6-18(7-9-21)16-24-28/h3-9,14-15H,10-13,16H2,1H3/b17-14-. The van der Waals surface area contributed by atoms with Crippen molar-refractivity contribution in [3.05, 3.63) is 87.2 Å². The van der Waals surface area contributed by atoms with Gasteiger partial charge in [-0.3, -0.25) is 4.79 Å². The third kappa shape index (κ3) is 4.63. The van der Waals surface area contributed by atoms with Crippen LogP contribution in [0.4, 0.5) is 5.69 Å². The Morgan fingerprint density at radius 3 is 2.50 bits per heavy atom. The van der Waals surface area contributed by atoms with E-state index < -0.39 is 0 Å². The van der Waals surface area contributed by atoms with Crippen molar-refractivity contribution in [3.63, 3.8) is 0 Å². The predicted molar refractivity (Wildman–Crippen MR) is 111 cm³/mol. The minimum Gasteiger partial charge on any atom is -0.368 e. The summed E-state index contributed by atoms with van der Waals surface area (Å²) in [6, 6.07) is 15.2. The van der Waals surface area contributed by atoms with E-state index in [1.165, 1.54) is 0 Å². The lowest BCUT2D eigenvalue weighted by molar-refractivity contribution is 0.0747. The smallest absolute Gasteiger partial charge is 0.253 e. The molecule has 0 aromatic heterocycles. The number of carbonyl (C=O) groups excluding carboxylic acids is 1. The molecule has 0 N–H and O–H groups in total. The molecule has 0 saturated carbocycles. The molecule has 0 radical (unpaired) electrons. The first-order chi connectivity index (χ1) is 13.6. The third-order valence-corrected chi connectivity index (χ3v) is 4.80. The van der Waals surface area contributed by atoms with Gasteiger partial charge in [0.25, 0.3) is 5.91 Å². The Bertz CT molecular complexity index is 920. The van der Waals surface area contributed by atoms with E-state index in [4.69, 9.17) is 6.57 Å². The number of anilines is 1. The summed E-state index contributed by atoms with van der Waals surface area (Å²) in [6.07, 6.45) is 1.78. The molecular formula is C22H22N4O2. The van der Waals surface area contributed by atoms with Crippen LogP contribution in [0.3, 0.4) is 0 Å². The Morgan fingerprint density at radius 1 is 1.14 bits per heavy atom. The molecule has 6 nitrogen and oxygen atoms in total. The second-order valence-electron chi connectivity index (χ2n) is 6.76. The van der Waals surface area contributed by atoms with Gasteiger partial charge in [-0.1, -0.05) is 35.5 Å². The lowest BCUT2D eigenvalue weighted by atomic mass is 10.1. The number of hydrogen-bond donors (Lipinski definition) is 0. The normalized spacial score (nSPS) is 14.5. The summed E-state index contributed by atoms with van der Waals surface area (Å²) in [5.41, 5.74) is 4.08. The number of piperazine rings is 1. The van der Waals surface area contributed by atoms with Crippen molar-refractivity contribution < 1.29 is 4.79 Å². The number of nitrogens with zero attached hydrogens (tertiary/aromatic N) is 4. The van der Waals surface area contributed by atoms with Gasteiger partial charge in [0.05, 0.1) is 6.57 Å². The quantitative estimate of drug-likeness (QED) is 0.582. The Morgan fingerprint density at radius 2 is 1.86 bits per heavy atom. The molecule has 142 valence electrons. The van der Waals surface area contributed by atoms with Crippen LogP contribution >= 0.6 is 0 Å². The zero-order valence-electron chi connectivity index (χ0n) is 15.8. The highest BCUT2D eigenvalue weighted by Gasteiger charge is 2.22. The molecule has 0 aliphatic carbocycles. The summed E-state index contributed by atoms with van der Waals surface area (Å²) in [5.74, 6) is 0.0165. The first kappa shape index (κ1) is 19.3. The highest BCUT2D eigenvalue weighted by Crippen LogP contribution is 2.19. The summed E-state index contributed by atoms with van der Waals surface area (Å²) >= 11 is 0. The predicted octanol–water partition coefficient (Wildman–Crippen LogP) is 4.20. The maximum atomic E-state index is 12.9. The van der Waals surface area contributed by atoms with Crippen LogP contribution in [0.15, 0.2) is 59.4 Å². The number of carbonyl (C=O) groups is 1. The van der Waals surface area contributed by atoms with Crippen molar-refractivity contribution in [1.82, 2.24) is 4.90 Å². The van der Waals surface area contributed by atoms with Crippen LogP contribution in [0.2, 0.25) is 0 Å². The van der Waals surface area contributed by atoms with E-state index >= 15 is 0 Å². The van der Waals surface area contributed by atoms with Gasteiger partial charge in [0.2, 0.25) is 0 Å². The first-order valence-electron chi connectivity index (χ1n) is 9.19. The molecular weight excluding hydrogens is 352 g/mol. The molecule has 1 aliphatic heterocycles. The minimum atomic E-state index is 0.0165. The van der Waals surface area contributed by atoms with Crippen molar-refractivity contribution in [3.8, 4) is 0 Å². The highest BCUT2D eigenvalue weighted by atomic mass is 16.3. The molecule has 1 aliphatic rings. The summed E-state index contributed by atoms with van der Waals surface area (Å²) in [6.45, 7) is 11.8. The molecule has 1 amide bonds. The van der Waals surface area contributed by atoms with Gasteiger partial charge in [0, 0.05) is 37.4 Å². The Hall–Kier alpha value is -3.46.